The first-order valence-corrected chi connectivity index (χ1v) is 9.91. The van der Waals surface area contributed by atoms with Crippen molar-refractivity contribution in [2.75, 3.05) is 18.2 Å². The van der Waals surface area contributed by atoms with Gasteiger partial charge in [0.1, 0.15) is 23.1 Å². The third kappa shape index (κ3) is 4.83. The van der Waals surface area contributed by atoms with Crippen molar-refractivity contribution in [3.63, 3.8) is 0 Å². The lowest BCUT2D eigenvalue weighted by Crippen LogP contribution is -2.20. The van der Waals surface area contributed by atoms with Crippen LogP contribution in [0.15, 0.2) is 58.5 Å². The Kier molecular flexibility index (Phi) is 6.32. The predicted octanol–water partition coefficient (Wildman–Crippen LogP) is 3.36. The lowest BCUT2D eigenvalue weighted by molar-refractivity contribution is -0.118. The summed E-state index contributed by atoms with van der Waals surface area (Å²) in [7, 11) is 0. The second kappa shape index (κ2) is 9.08. The van der Waals surface area contributed by atoms with Crippen LogP contribution in [0.3, 0.4) is 0 Å². The van der Waals surface area contributed by atoms with Crippen molar-refractivity contribution in [3.8, 4) is 23.1 Å². The quantitative estimate of drug-likeness (QED) is 0.480. The van der Waals surface area contributed by atoms with E-state index in [-0.39, 0.29) is 23.8 Å². The summed E-state index contributed by atoms with van der Waals surface area (Å²) in [6, 6.07) is 16.2. The van der Waals surface area contributed by atoms with Gasteiger partial charge >= 0.3 is 0 Å². The minimum atomic E-state index is -0.520. The highest BCUT2D eigenvalue weighted by molar-refractivity contribution is 7.98. The first kappa shape index (κ1) is 20.2. The number of carbonyl (C=O) groups is 1. The van der Waals surface area contributed by atoms with Crippen LogP contribution in [0.25, 0.3) is 11.3 Å². The van der Waals surface area contributed by atoms with Crippen molar-refractivity contribution in [2.45, 2.75) is 12.1 Å². The van der Waals surface area contributed by atoms with Crippen molar-refractivity contribution in [3.05, 3.63) is 70.0 Å². The number of aryl methyl sites for hydroxylation is 1. The smallest absolute Gasteiger partial charge is 0.270 e. The minimum Gasteiger partial charge on any atom is -0.483 e. The van der Waals surface area contributed by atoms with Crippen LogP contribution in [-0.2, 0) is 4.79 Å². The fourth-order valence-corrected chi connectivity index (χ4v) is 2.99. The zero-order valence-electron chi connectivity index (χ0n) is 15.9. The molecule has 7 nitrogen and oxygen atoms in total. The monoisotopic (exact) mass is 406 g/mol. The Morgan fingerprint density at radius 3 is 2.66 bits per heavy atom. The van der Waals surface area contributed by atoms with Crippen LogP contribution < -0.4 is 15.6 Å². The van der Waals surface area contributed by atoms with Gasteiger partial charge in [0.2, 0.25) is 0 Å². The van der Waals surface area contributed by atoms with E-state index in [1.807, 2.05) is 37.3 Å². The molecule has 0 aliphatic carbocycles. The molecule has 0 aliphatic rings. The highest BCUT2D eigenvalue weighted by Gasteiger charge is 2.17. The molecule has 1 amide bonds. The summed E-state index contributed by atoms with van der Waals surface area (Å²) < 4.78 is 5.68. The van der Waals surface area contributed by atoms with Gasteiger partial charge in [-0.05, 0) is 37.4 Å². The van der Waals surface area contributed by atoms with Gasteiger partial charge in [-0.25, -0.2) is 4.98 Å². The van der Waals surface area contributed by atoms with Crippen LogP contribution in [0.2, 0.25) is 0 Å². The molecule has 0 bridgehead atoms. The predicted molar refractivity (Wildman–Crippen MR) is 112 cm³/mol. The maximum atomic E-state index is 12.2. The Balaban J connectivity index is 1.84. The Morgan fingerprint density at radius 2 is 1.97 bits per heavy atom. The number of anilines is 1. The molecule has 0 saturated heterocycles. The standard InChI is InChI=1S/C21H18N4O3S/c1-13-7-9-14(10-8-13)23-18(26)12-28-17-6-4-3-5-15(17)19-16(11-22)20(27)25-21(24-19)29-2/h3-10H,12H2,1-2H3,(H,23,26)(H,24,25,27). The topological polar surface area (TPSA) is 108 Å². The normalized spacial score (nSPS) is 10.2. The third-order valence-electron chi connectivity index (χ3n) is 4.04. The highest BCUT2D eigenvalue weighted by Crippen LogP contribution is 2.30. The van der Waals surface area contributed by atoms with E-state index in [1.165, 1.54) is 11.8 Å². The first-order chi connectivity index (χ1) is 14.0. The van der Waals surface area contributed by atoms with Gasteiger partial charge in [0.05, 0.1) is 0 Å². The molecule has 29 heavy (non-hydrogen) atoms. The van der Waals surface area contributed by atoms with E-state index >= 15 is 0 Å². The second-order valence-corrected chi connectivity index (χ2v) is 6.90. The summed E-state index contributed by atoms with van der Waals surface area (Å²) in [4.78, 5) is 31.3. The number of thioether (sulfide) groups is 1. The van der Waals surface area contributed by atoms with E-state index in [0.29, 0.717) is 22.2 Å². The van der Waals surface area contributed by atoms with Gasteiger partial charge in [0, 0.05) is 11.3 Å². The molecule has 0 unspecified atom stereocenters. The number of aromatic nitrogens is 2. The molecule has 0 saturated carbocycles. The molecule has 0 fully saturated rings. The number of carbonyl (C=O) groups excluding carboxylic acids is 1. The number of aromatic amines is 1. The molecule has 0 aliphatic heterocycles. The molecule has 2 N–H and O–H groups in total. The summed E-state index contributed by atoms with van der Waals surface area (Å²) >= 11 is 1.26. The molecule has 1 aromatic heterocycles. The highest BCUT2D eigenvalue weighted by atomic mass is 32.2. The van der Waals surface area contributed by atoms with Gasteiger partial charge < -0.3 is 15.0 Å². The number of ether oxygens (including phenoxy) is 1. The van der Waals surface area contributed by atoms with Crippen LogP contribution in [0.5, 0.6) is 5.75 Å². The van der Waals surface area contributed by atoms with Crippen molar-refractivity contribution < 1.29 is 9.53 Å². The molecular formula is C21H18N4O3S. The number of hydrogen-bond donors (Lipinski definition) is 2. The van der Waals surface area contributed by atoms with Crippen molar-refractivity contribution in [1.29, 1.82) is 5.26 Å². The number of para-hydroxylation sites is 1. The van der Waals surface area contributed by atoms with Gasteiger partial charge in [-0.3, -0.25) is 9.59 Å². The van der Waals surface area contributed by atoms with Crippen LogP contribution in [0.1, 0.15) is 11.1 Å². The lowest BCUT2D eigenvalue weighted by atomic mass is 10.1. The minimum absolute atomic E-state index is 0.108. The summed E-state index contributed by atoms with van der Waals surface area (Å²) in [6.45, 7) is 1.73. The SMILES string of the molecule is CSc1nc(-c2ccccc2OCC(=O)Nc2ccc(C)cc2)c(C#N)c(=O)[nH]1. The molecule has 3 aromatic rings. The average Bonchev–Trinajstić information content (AvgIpc) is 2.73. The van der Waals surface area contributed by atoms with Gasteiger partial charge in [0.15, 0.2) is 11.8 Å². The van der Waals surface area contributed by atoms with E-state index in [2.05, 4.69) is 15.3 Å². The van der Waals surface area contributed by atoms with Crippen LogP contribution in [0, 0.1) is 18.3 Å². The zero-order valence-corrected chi connectivity index (χ0v) is 16.7. The largest absolute Gasteiger partial charge is 0.483 e. The molecule has 1 heterocycles. The Morgan fingerprint density at radius 1 is 1.24 bits per heavy atom. The first-order valence-electron chi connectivity index (χ1n) is 8.69. The number of benzene rings is 2. The molecule has 8 heteroatoms. The van der Waals surface area contributed by atoms with Crippen LogP contribution in [0.4, 0.5) is 5.69 Å². The third-order valence-corrected chi connectivity index (χ3v) is 4.62. The van der Waals surface area contributed by atoms with E-state index in [1.54, 1.807) is 30.5 Å². The number of nitriles is 1. The second-order valence-electron chi connectivity index (χ2n) is 6.11. The Hall–Kier alpha value is -3.57. The lowest BCUT2D eigenvalue weighted by Gasteiger charge is -2.12. The maximum absolute atomic E-state index is 12.2. The molecule has 3 rings (SSSR count). The molecule has 2 aromatic carbocycles. The Bertz CT molecular complexity index is 1130. The van der Waals surface area contributed by atoms with Gasteiger partial charge in [-0.15, -0.1) is 0 Å². The summed E-state index contributed by atoms with van der Waals surface area (Å²) in [5.74, 6) is 0.0287. The fourth-order valence-electron chi connectivity index (χ4n) is 2.61. The van der Waals surface area contributed by atoms with E-state index in [9.17, 15) is 14.9 Å². The van der Waals surface area contributed by atoms with Crippen LogP contribution in [-0.4, -0.2) is 28.7 Å². The molecule has 0 atom stereocenters. The van der Waals surface area contributed by atoms with Crippen molar-refractivity contribution in [2.24, 2.45) is 0 Å². The number of nitrogens with zero attached hydrogens (tertiary/aromatic N) is 2. The number of H-pyrrole nitrogens is 1. The number of amides is 1. The summed E-state index contributed by atoms with van der Waals surface area (Å²) in [5.41, 5.74) is 1.82. The van der Waals surface area contributed by atoms with E-state index in [4.69, 9.17) is 4.74 Å². The number of nitrogens with one attached hydrogen (secondary N) is 2. The van der Waals surface area contributed by atoms with E-state index in [0.717, 1.165) is 5.56 Å². The van der Waals surface area contributed by atoms with E-state index < -0.39 is 5.56 Å². The Labute approximate surface area is 171 Å². The van der Waals surface area contributed by atoms with Gasteiger partial charge in [0.25, 0.3) is 11.5 Å². The molecule has 146 valence electrons. The van der Waals surface area contributed by atoms with Gasteiger partial charge in [-0.1, -0.05) is 41.6 Å². The molecular weight excluding hydrogens is 388 g/mol. The van der Waals surface area contributed by atoms with Crippen molar-refractivity contribution in [1.82, 2.24) is 9.97 Å². The van der Waals surface area contributed by atoms with Crippen LogP contribution >= 0.6 is 11.8 Å². The summed E-state index contributed by atoms with van der Waals surface area (Å²) in [6.07, 6.45) is 1.77. The maximum Gasteiger partial charge on any atom is 0.270 e. The van der Waals surface area contributed by atoms with Gasteiger partial charge in [-0.2, -0.15) is 5.26 Å². The molecule has 0 spiro atoms. The molecule has 0 radical (unpaired) electrons. The zero-order chi connectivity index (χ0) is 20.8. The number of hydrogen-bond acceptors (Lipinski definition) is 6. The summed E-state index contributed by atoms with van der Waals surface area (Å²) in [5, 5.41) is 12.5. The number of rotatable bonds is 6. The average molecular weight is 406 g/mol. The van der Waals surface area contributed by atoms with Crippen molar-refractivity contribution >= 4 is 23.4 Å². The fraction of sp³-hybridized carbons (Fsp3) is 0.143.